The number of urea groups is 1. The third-order valence-corrected chi connectivity index (χ3v) is 3.16. The van der Waals surface area contributed by atoms with Crippen LogP contribution in [-0.4, -0.2) is 29.7 Å². The molecular weight excluding hydrogens is 232 g/mol. The fraction of sp³-hybridized carbons (Fsp3) is 0.846. The predicted molar refractivity (Wildman–Crippen MR) is 69.4 cm³/mol. The first kappa shape index (κ1) is 14.8. The fourth-order valence-electron chi connectivity index (χ4n) is 1.83. The van der Waals surface area contributed by atoms with E-state index < -0.39 is 23.5 Å². The number of nitrogens with one attached hydrogen (secondary N) is 2. The number of carbonyl (C=O) groups is 2. The van der Waals surface area contributed by atoms with Crippen LogP contribution in [0.2, 0.25) is 0 Å². The molecule has 5 heteroatoms. The van der Waals surface area contributed by atoms with Crippen molar-refractivity contribution in [1.29, 1.82) is 0 Å². The molecule has 18 heavy (non-hydrogen) atoms. The average Bonchev–Trinajstić information content (AvgIpc) is 3.02. The van der Waals surface area contributed by atoms with Gasteiger partial charge in [-0.3, -0.25) is 0 Å². The SMILES string of the molecule is CC(C)(C)C(NC(=O)NCCCC1CC1)C(=O)O. The second kappa shape index (κ2) is 6.07. The summed E-state index contributed by atoms with van der Waals surface area (Å²) in [6, 6.07) is -1.27. The Morgan fingerprint density at radius 2 is 1.94 bits per heavy atom. The smallest absolute Gasteiger partial charge is 0.326 e. The van der Waals surface area contributed by atoms with E-state index in [2.05, 4.69) is 10.6 Å². The van der Waals surface area contributed by atoms with Gasteiger partial charge >= 0.3 is 12.0 Å². The van der Waals surface area contributed by atoms with Crippen molar-refractivity contribution in [2.45, 2.75) is 52.5 Å². The predicted octanol–water partition coefficient (Wildman–Crippen LogP) is 1.98. The monoisotopic (exact) mass is 256 g/mol. The molecule has 1 unspecified atom stereocenters. The molecule has 0 heterocycles. The molecule has 1 aliphatic rings. The van der Waals surface area contributed by atoms with Crippen molar-refractivity contribution in [3.63, 3.8) is 0 Å². The lowest BCUT2D eigenvalue weighted by atomic mass is 9.87. The molecule has 0 bridgehead atoms. The maximum Gasteiger partial charge on any atom is 0.326 e. The third-order valence-electron chi connectivity index (χ3n) is 3.16. The Kier molecular flexibility index (Phi) is 4.99. The fourth-order valence-corrected chi connectivity index (χ4v) is 1.83. The van der Waals surface area contributed by atoms with Gasteiger partial charge < -0.3 is 15.7 Å². The maximum absolute atomic E-state index is 11.6. The zero-order valence-electron chi connectivity index (χ0n) is 11.5. The van der Waals surface area contributed by atoms with Crippen molar-refractivity contribution < 1.29 is 14.7 Å². The number of amides is 2. The number of rotatable bonds is 6. The minimum absolute atomic E-state index is 0.395. The average molecular weight is 256 g/mol. The van der Waals surface area contributed by atoms with Gasteiger partial charge in [0, 0.05) is 6.54 Å². The van der Waals surface area contributed by atoms with Crippen LogP contribution in [0.5, 0.6) is 0 Å². The van der Waals surface area contributed by atoms with Crippen LogP contribution in [0.25, 0.3) is 0 Å². The highest BCUT2D eigenvalue weighted by Gasteiger charge is 2.32. The van der Waals surface area contributed by atoms with Gasteiger partial charge in [0.15, 0.2) is 0 Å². The van der Waals surface area contributed by atoms with Crippen LogP contribution in [-0.2, 0) is 4.79 Å². The van der Waals surface area contributed by atoms with E-state index in [0.717, 1.165) is 18.8 Å². The Labute approximate surface area is 108 Å². The summed E-state index contributed by atoms with van der Waals surface area (Å²) in [5.41, 5.74) is -0.503. The first-order valence-electron chi connectivity index (χ1n) is 6.58. The molecule has 1 rings (SSSR count). The molecule has 2 amide bonds. The van der Waals surface area contributed by atoms with Crippen LogP contribution in [0, 0.1) is 11.3 Å². The molecule has 1 atom stereocenters. The lowest BCUT2D eigenvalue weighted by molar-refractivity contribution is -0.141. The number of carboxylic acids is 1. The molecule has 3 N–H and O–H groups in total. The summed E-state index contributed by atoms with van der Waals surface area (Å²) in [4.78, 5) is 22.6. The van der Waals surface area contributed by atoms with E-state index in [-0.39, 0.29) is 0 Å². The van der Waals surface area contributed by atoms with Gasteiger partial charge in [-0.25, -0.2) is 9.59 Å². The summed E-state index contributed by atoms with van der Waals surface area (Å²) in [5.74, 6) is -0.146. The van der Waals surface area contributed by atoms with Gasteiger partial charge in [0.25, 0.3) is 0 Å². The minimum Gasteiger partial charge on any atom is -0.480 e. The summed E-state index contributed by atoms with van der Waals surface area (Å²) in [7, 11) is 0. The Morgan fingerprint density at radius 3 is 2.39 bits per heavy atom. The van der Waals surface area contributed by atoms with Crippen molar-refractivity contribution in [2.24, 2.45) is 11.3 Å². The van der Waals surface area contributed by atoms with Gasteiger partial charge in [-0.2, -0.15) is 0 Å². The molecule has 1 fully saturated rings. The molecule has 5 nitrogen and oxygen atoms in total. The zero-order valence-corrected chi connectivity index (χ0v) is 11.5. The molecule has 0 aromatic rings. The van der Waals surface area contributed by atoms with Crippen LogP contribution < -0.4 is 10.6 Å². The molecule has 0 saturated heterocycles. The van der Waals surface area contributed by atoms with Crippen LogP contribution >= 0.6 is 0 Å². The van der Waals surface area contributed by atoms with Crippen molar-refractivity contribution in [2.75, 3.05) is 6.54 Å². The lowest BCUT2D eigenvalue weighted by Gasteiger charge is -2.27. The highest BCUT2D eigenvalue weighted by molar-refractivity contribution is 5.83. The van der Waals surface area contributed by atoms with Crippen molar-refractivity contribution in [3.05, 3.63) is 0 Å². The topological polar surface area (TPSA) is 78.4 Å². The molecule has 1 aliphatic carbocycles. The largest absolute Gasteiger partial charge is 0.480 e. The number of aliphatic carboxylic acids is 1. The summed E-state index contributed by atoms with van der Waals surface area (Å²) < 4.78 is 0. The zero-order chi connectivity index (χ0) is 13.8. The van der Waals surface area contributed by atoms with E-state index in [1.807, 2.05) is 0 Å². The molecule has 0 aliphatic heterocycles. The molecule has 104 valence electrons. The Morgan fingerprint density at radius 1 is 1.33 bits per heavy atom. The van der Waals surface area contributed by atoms with Gasteiger partial charge in [0.1, 0.15) is 6.04 Å². The number of carbonyl (C=O) groups excluding carboxylic acids is 1. The van der Waals surface area contributed by atoms with E-state index in [1.165, 1.54) is 12.8 Å². The first-order valence-corrected chi connectivity index (χ1v) is 6.58. The minimum atomic E-state index is -1.00. The molecule has 0 aromatic heterocycles. The van der Waals surface area contributed by atoms with Crippen molar-refractivity contribution >= 4 is 12.0 Å². The second-order valence-corrected chi connectivity index (χ2v) is 6.12. The highest BCUT2D eigenvalue weighted by Crippen LogP contribution is 2.33. The second-order valence-electron chi connectivity index (χ2n) is 6.12. The van der Waals surface area contributed by atoms with Gasteiger partial charge in [0.2, 0.25) is 0 Å². The number of carboxylic acid groups (broad SMARTS) is 1. The van der Waals surface area contributed by atoms with Crippen LogP contribution in [0.1, 0.15) is 46.5 Å². The van der Waals surface area contributed by atoms with Gasteiger partial charge in [-0.15, -0.1) is 0 Å². The number of hydrogen-bond donors (Lipinski definition) is 3. The van der Waals surface area contributed by atoms with E-state index in [4.69, 9.17) is 5.11 Å². The summed E-state index contributed by atoms with van der Waals surface area (Å²) in [6.45, 7) is 5.98. The Balaban J connectivity index is 2.25. The molecular formula is C13H24N2O3. The first-order chi connectivity index (χ1) is 8.30. The summed E-state index contributed by atoms with van der Waals surface area (Å²) in [5, 5.41) is 14.3. The van der Waals surface area contributed by atoms with E-state index in [0.29, 0.717) is 6.54 Å². The highest BCUT2D eigenvalue weighted by atomic mass is 16.4. The number of hydrogen-bond acceptors (Lipinski definition) is 2. The van der Waals surface area contributed by atoms with Crippen molar-refractivity contribution in [1.82, 2.24) is 10.6 Å². The molecule has 0 spiro atoms. The molecule has 1 saturated carbocycles. The van der Waals surface area contributed by atoms with Gasteiger partial charge in [-0.05, 0) is 24.2 Å². The van der Waals surface area contributed by atoms with E-state index in [9.17, 15) is 9.59 Å². The third kappa shape index (κ3) is 5.38. The Hall–Kier alpha value is -1.26. The Bertz CT molecular complexity index is 306. The van der Waals surface area contributed by atoms with Crippen LogP contribution in [0.15, 0.2) is 0 Å². The van der Waals surface area contributed by atoms with Gasteiger partial charge in [0.05, 0.1) is 0 Å². The van der Waals surface area contributed by atoms with E-state index in [1.54, 1.807) is 20.8 Å². The van der Waals surface area contributed by atoms with Crippen LogP contribution in [0.4, 0.5) is 4.79 Å². The van der Waals surface area contributed by atoms with Gasteiger partial charge in [-0.1, -0.05) is 33.6 Å². The molecule has 0 radical (unpaired) electrons. The normalized spacial score (nSPS) is 17.1. The maximum atomic E-state index is 11.6. The van der Waals surface area contributed by atoms with Crippen molar-refractivity contribution in [3.8, 4) is 0 Å². The quantitative estimate of drug-likeness (QED) is 0.636. The van der Waals surface area contributed by atoms with Crippen LogP contribution in [0.3, 0.4) is 0 Å². The summed E-state index contributed by atoms with van der Waals surface area (Å²) in [6.07, 6.45) is 4.75. The lowest BCUT2D eigenvalue weighted by Crippen LogP contribution is -2.52. The standard InChI is InChI=1S/C13H24N2O3/c1-13(2,3)10(11(16)17)15-12(18)14-8-4-5-9-6-7-9/h9-10H,4-8H2,1-3H3,(H,16,17)(H2,14,15,18). The molecule has 0 aromatic carbocycles. The van der Waals surface area contributed by atoms with E-state index >= 15 is 0 Å². The summed E-state index contributed by atoms with van der Waals surface area (Å²) >= 11 is 0.